The van der Waals surface area contributed by atoms with E-state index in [1.54, 1.807) is 29.9 Å². The number of hydrogen-bond acceptors (Lipinski definition) is 3. The highest BCUT2D eigenvalue weighted by atomic mass is 32.2. The van der Waals surface area contributed by atoms with E-state index >= 15 is 0 Å². The average molecular weight is 279 g/mol. The Morgan fingerprint density at radius 3 is 2.53 bits per heavy atom. The maximum atomic E-state index is 12.1. The van der Waals surface area contributed by atoms with E-state index in [-0.39, 0.29) is 5.75 Å². The van der Waals surface area contributed by atoms with Gasteiger partial charge in [0.25, 0.3) is 0 Å². The maximum absolute atomic E-state index is 12.1. The minimum atomic E-state index is -3.41. The number of nitrogens with one attached hydrogen (secondary N) is 1. The Hall–Kier alpha value is -1.82. The summed E-state index contributed by atoms with van der Waals surface area (Å²) in [6.45, 7) is 4.45. The molecule has 0 bridgehead atoms. The summed E-state index contributed by atoms with van der Waals surface area (Å²) in [6.07, 6.45) is 1.71. The molecule has 0 saturated heterocycles. The molecular weight excluding hydrogens is 262 g/mol. The van der Waals surface area contributed by atoms with Crippen molar-refractivity contribution in [3.8, 4) is 0 Å². The predicted molar refractivity (Wildman–Crippen MR) is 75.3 cm³/mol. The smallest absolute Gasteiger partial charge is 0.237 e. The normalized spacial score (nSPS) is 11.5. The molecule has 0 aliphatic carbocycles. The Bertz CT molecular complexity index is 648. The Balaban J connectivity index is 2.15. The molecule has 5 nitrogen and oxygen atoms in total. The SMILES string of the molecule is CCn1cc(NS(=O)(=O)Cc2ccccc2)c(C)n1. The van der Waals surface area contributed by atoms with Crippen LogP contribution in [-0.2, 0) is 22.3 Å². The number of anilines is 1. The summed E-state index contributed by atoms with van der Waals surface area (Å²) in [5.74, 6) is -0.0371. The molecule has 6 heteroatoms. The van der Waals surface area contributed by atoms with E-state index in [0.717, 1.165) is 5.56 Å². The van der Waals surface area contributed by atoms with Crippen LogP contribution in [0.25, 0.3) is 0 Å². The minimum absolute atomic E-state index is 0.0371. The first-order valence-corrected chi connectivity index (χ1v) is 7.74. The fraction of sp³-hybridized carbons (Fsp3) is 0.308. The van der Waals surface area contributed by atoms with Crippen molar-refractivity contribution in [2.75, 3.05) is 4.72 Å². The summed E-state index contributed by atoms with van der Waals surface area (Å²) < 4.78 is 28.4. The number of nitrogens with zero attached hydrogens (tertiary/aromatic N) is 2. The van der Waals surface area contributed by atoms with Gasteiger partial charge in [0.05, 0.1) is 17.1 Å². The first kappa shape index (κ1) is 13.6. The number of aromatic nitrogens is 2. The number of rotatable bonds is 5. The third-order valence-corrected chi connectivity index (χ3v) is 3.98. The second-order valence-corrected chi connectivity index (χ2v) is 6.05. The molecule has 19 heavy (non-hydrogen) atoms. The van der Waals surface area contributed by atoms with Gasteiger partial charge >= 0.3 is 0 Å². The highest BCUT2D eigenvalue weighted by Crippen LogP contribution is 2.16. The van der Waals surface area contributed by atoms with E-state index in [4.69, 9.17) is 0 Å². The van der Waals surface area contributed by atoms with E-state index in [2.05, 4.69) is 9.82 Å². The Labute approximate surface area is 113 Å². The van der Waals surface area contributed by atoms with Crippen molar-refractivity contribution in [2.24, 2.45) is 0 Å². The molecule has 0 spiro atoms. The van der Waals surface area contributed by atoms with E-state index in [1.807, 2.05) is 25.1 Å². The van der Waals surface area contributed by atoms with E-state index in [0.29, 0.717) is 17.9 Å². The molecule has 0 unspecified atom stereocenters. The average Bonchev–Trinajstić information content (AvgIpc) is 2.70. The number of sulfonamides is 1. The summed E-state index contributed by atoms with van der Waals surface area (Å²) in [5, 5.41) is 4.21. The standard InChI is InChI=1S/C13H17N3O2S/c1-3-16-9-13(11(2)14-16)15-19(17,18)10-12-7-5-4-6-8-12/h4-9,15H,3,10H2,1-2H3. The molecule has 1 aromatic carbocycles. The van der Waals surface area contributed by atoms with E-state index in [1.165, 1.54) is 0 Å². The third-order valence-electron chi connectivity index (χ3n) is 2.74. The molecule has 0 amide bonds. The summed E-state index contributed by atoms with van der Waals surface area (Å²) in [6, 6.07) is 9.10. The molecule has 0 fully saturated rings. The zero-order valence-corrected chi connectivity index (χ0v) is 11.8. The van der Waals surface area contributed by atoms with Crippen LogP contribution < -0.4 is 4.72 Å². The van der Waals surface area contributed by atoms with Gasteiger partial charge in [-0.05, 0) is 19.4 Å². The summed E-state index contributed by atoms with van der Waals surface area (Å²) in [7, 11) is -3.41. The van der Waals surface area contributed by atoms with Gasteiger partial charge in [0, 0.05) is 12.7 Å². The molecule has 0 radical (unpaired) electrons. The van der Waals surface area contributed by atoms with Gasteiger partial charge in [-0.15, -0.1) is 0 Å². The molecule has 1 heterocycles. The Morgan fingerprint density at radius 2 is 1.95 bits per heavy atom. The molecule has 2 rings (SSSR count). The molecule has 102 valence electrons. The minimum Gasteiger partial charge on any atom is -0.280 e. The molecule has 0 aliphatic heterocycles. The van der Waals surface area contributed by atoms with Crippen molar-refractivity contribution in [1.29, 1.82) is 0 Å². The Morgan fingerprint density at radius 1 is 1.26 bits per heavy atom. The van der Waals surface area contributed by atoms with Crippen LogP contribution in [0.2, 0.25) is 0 Å². The Kier molecular flexibility index (Phi) is 3.90. The van der Waals surface area contributed by atoms with Gasteiger partial charge in [-0.1, -0.05) is 30.3 Å². The lowest BCUT2D eigenvalue weighted by molar-refractivity contribution is 0.600. The zero-order valence-electron chi connectivity index (χ0n) is 11.0. The predicted octanol–water partition coefficient (Wildman–Crippen LogP) is 2.15. The maximum Gasteiger partial charge on any atom is 0.237 e. The molecule has 1 N–H and O–H groups in total. The fourth-order valence-corrected chi connectivity index (χ4v) is 3.02. The van der Waals surface area contributed by atoms with Gasteiger partial charge < -0.3 is 0 Å². The van der Waals surface area contributed by atoms with Crippen molar-refractivity contribution >= 4 is 15.7 Å². The summed E-state index contributed by atoms with van der Waals surface area (Å²) in [5.41, 5.74) is 1.98. The topological polar surface area (TPSA) is 64.0 Å². The van der Waals surface area contributed by atoms with E-state index < -0.39 is 10.0 Å². The van der Waals surface area contributed by atoms with Gasteiger partial charge in [0.2, 0.25) is 10.0 Å². The number of benzene rings is 1. The molecule has 0 aliphatic rings. The summed E-state index contributed by atoms with van der Waals surface area (Å²) >= 11 is 0. The zero-order chi connectivity index (χ0) is 13.9. The van der Waals surface area contributed by atoms with Crippen LogP contribution in [-0.4, -0.2) is 18.2 Å². The lowest BCUT2D eigenvalue weighted by atomic mass is 10.2. The lowest BCUT2D eigenvalue weighted by Gasteiger charge is -2.06. The highest BCUT2D eigenvalue weighted by molar-refractivity contribution is 7.91. The van der Waals surface area contributed by atoms with Gasteiger partial charge in [-0.25, -0.2) is 8.42 Å². The van der Waals surface area contributed by atoms with Gasteiger partial charge in [-0.3, -0.25) is 9.40 Å². The van der Waals surface area contributed by atoms with Crippen LogP contribution in [0.5, 0.6) is 0 Å². The first-order valence-electron chi connectivity index (χ1n) is 6.08. The molecule has 1 aromatic heterocycles. The van der Waals surface area contributed by atoms with Gasteiger partial charge in [0.15, 0.2) is 0 Å². The molecular formula is C13H17N3O2S. The fourth-order valence-electron chi connectivity index (χ4n) is 1.78. The van der Waals surface area contributed by atoms with Gasteiger partial charge in [0.1, 0.15) is 0 Å². The quantitative estimate of drug-likeness (QED) is 0.912. The second kappa shape index (κ2) is 5.44. The number of aryl methyl sites for hydroxylation is 2. The molecule has 0 atom stereocenters. The monoisotopic (exact) mass is 279 g/mol. The van der Waals surface area contributed by atoms with Crippen molar-refractivity contribution < 1.29 is 8.42 Å². The van der Waals surface area contributed by atoms with Crippen molar-refractivity contribution in [3.05, 3.63) is 47.8 Å². The van der Waals surface area contributed by atoms with Crippen LogP contribution in [0.15, 0.2) is 36.5 Å². The van der Waals surface area contributed by atoms with Crippen molar-refractivity contribution in [1.82, 2.24) is 9.78 Å². The van der Waals surface area contributed by atoms with E-state index in [9.17, 15) is 8.42 Å². The highest BCUT2D eigenvalue weighted by Gasteiger charge is 2.14. The van der Waals surface area contributed by atoms with Gasteiger partial charge in [-0.2, -0.15) is 5.10 Å². The van der Waals surface area contributed by atoms with Crippen molar-refractivity contribution in [3.63, 3.8) is 0 Å². The second-order valence-electron chi connectivity index (χ2n) is 4.33. The lowest BCUT2D eigenvalue weighted by Crippen LogP contribution is -2.15. The molecule has 2 aromatic rings. The van der Waals surface area contributed by atoms with Crippen LogP contribution in [0.1, 0.15) is 18.2 Å². The van der Waals surface area contributed by atoms with Crippen molar-refractivity contribution in [2.45, 2.75) is 26.1 Å². The van der Waals surface area contributed by atoms with Crippen LogP contribution in [0.3, 0.4) is 0 Å². The van der Waals surface area contributed by atoms with Crippen LogP contribution in [0.4, 0.5) is 5.69 Å². The summed E-state index contributed by atoms with van der Waals surface area (Å²) in [4.78, 5) is 0. The van der Waals surface area contributed by atoms with Crippen LogP contribution in [0, 0.1) is 6.92 Å². The third kappa shape index (κ3) is 3.57. The molecule has 0 saturated carbocycles. The largest absolute Gasteiger partial charge is 0.280 e. The first-order chi connectivity index (χ1) is 9.00. The van der Waals surface area contributed by atoms with Crippen LogP contribution >= 0.6 is 0 Å². The number of hydrogen-bond donors (Lipinski definition) is 1.